The van der Waals surface area contributed by atoms with Gasteiger partial charge in [0.2, 0.25) is 0 Å². The normalized spacial score (nSPS) is 22.5. The smallest absolute Gasteiger partial charge is 0.254 e. The summed E-state index contributed by atoms with van der Waals surface area (Å²) in [5.74, 6) is 0.741. The molecular formula is C21H31N5O3S. The molecule has 0 radical (unpaired) electrons. The van der Waals surface area contributed by atoms with Crippen LogP contribution in [-0.2, 0) is 9.84 Å². The fourth-order valence-corrected chi connectivity index (χ4v) is 6.17. The highest BCUT2D eigenvalue weighted by atomic mass is 32.2. The molecule has 4 heterocycles. The summed E-state index contributed by atoms with van der Waals surface area (Å²) in [6, 6.07) is 2.17. The van der Waals surface area contributed by atoms with Crippen molar-refractivity contribution in [3.05, 3.63) is 23.5 Å². The molecule has 8 nitrogen and oxygen atoms in total. The maximum Gasteiger partial charge on any atom is 0.254 e. The zero-order chi connectivity index (χ0) is 21.6. The van der Waals surface area contributed by atoms with E-state index in [9.17, 15) is 13.2 Å². The molecule has 1 atom stereocenters. The van der Waals surface area contributed by atoms with Gasteiger partial charge in [-0.1, -0.05) is 13.8 Å². The molecule has 0 bridgehead atoms. The van der Waals surface area contributed by atoms with Gasteiger partial charge in [0.15, 0.2) is 15.5 Å². The van der Waals surface area contributed by atoms with Gasteiger partial charge in [-0.3, -0.25) is 9.69 Å². The maximum atomic E-state index is 13.4. The van der Waals surface area contributed by atoms with Gasteiger partial charge >= 0.3 is 0 Å². The maximum absolute atomic E-state index is 13.4. The van der Waals surface area contributed by atoms with Crippen molar-refractivity contribution in [1.82, 2.24) is 24.6 Å². The third-order valence-electron chi connectivity index (χ3n) is 6.22. The summed E-state index contributed by atoms with van der Waals surface area (Å²) in [5.41, 5.74) is 2.31. The second-order valence-corrected chi connectivity index (χ2v) is 11.3. The van der Waals surface area contributed by atoms with Crippen molar-refractivity contribution in [2.24, 2.45) is 0 Å². The van der Waals surface area contributed by atoms with E-state index in [4.69, 9.17) is 4.98 Å². The fraction of sp³-hybridized carbons (Fsp3) is 0.667. The highest BCUT2D eigenvalue weighted by Crippen LogP contribution is 2.26. The summed E-state index contributed by atoms with van der Waals surface area (Å²) in [7, 11) is -2.90. The SMILES string of the molecule is CC(C)c1cc(C(=O)N2CCN([C@H]3CCS(=O)(=O)C3)CC2)c2cnn(C(C)C)c2n1. The number of hydrogen-bond acceptors (Lipinski definition) is 6. The Hall–Kier alpha value is -2.00. The summed E-state index contributed by atoms with van der Waals surface area (Å²) in [4.78, 5) is 22.3. The number of piperazine rings is 1. The number of carbonyl (C=O) groups excluding carboxylic acids is 1. The van der Waals surface area contributed by atoms with Crippen LogP contribution in [0.15, 0.2) is 12.3 Å². The lowest BCUT2D eigenvalue weighted by Crippen LogP contribution is -2.52. The van der Waals surface area contributed by atoms with E-state index in [1.807, 2.05) is 15.6 Å². The standard InChI is InChI=1S/C21H31N5O3S/c1-14(2)19-11-17(18-12-22-26(15(3)4)20(18)23-19)21(27)25-8-6-24(7-9-25)16-5-10-30(28,29)13-16/h11-12,14-16H,5-10,13H2,1-4H3/t16-/m0/s1. The first kappa shape index (κ1) is 21.2. The first-order valence-electron chi connectivity index (χ1n) is 10.8. The van der Waals surface area contributed by atoms with E-state index in [1.54, 1.807) is 6.20 Å². The molecule has 2 aliphatic rings. The van der Waals surface area contributed by atoms with E-state index in [0.29, 0.717) is 38.2 Å². The Balaban J connectivity index is 1.56. The van der Waals surface area contributed by atoms with Gasteiger partial charge < -0.3 is 4.90 Å². The largest absolute Gasteiger partial charge is 0.336 e. The Morgan fingerprint density at radius 1 is 1.13 bits per heavy atom. The highest BCUT2D eigenvalue weighted by Gasteiger charge is 2.35. The molecule has 2 aromatic heterocycles. The van der Waals surface area contributed by atoms with E-state index < -0.39 is 9.84 Å². The zero-order valence-corrected chi connectivity index (χ0v) is 19.0. The van der Waals surface area contributed by atoms with Crippen molar-refractivity contribution in [1.29, 1.82) is 0 Å². The molecule has 9 heteroatoms. The summed E-state index contributed by atoms with van der Waals surface area (Å²) in [5, 5.41) is 5.27. The van der Waals surface area contributed by atoms with Gasteiger partial charge in [-0.05, 0) is 32.3 Å². The minimum Gasteiger partial charge on any atom is -0.336 e. The average molecular weight is 434 g/mol. The summed E-state index contributed by atoms with van der Waals surface area (Å²) in [6.07, 6.45) is 2.45. The summed E-state index contributed by atoms with van der Waals surface area (Å²) in [6.45, 7) is 10.9. The quantitative estimate of drug-likeness (QED) is 0.734. The van der Waals surface area contributed by atoms with E-state index in [2.05, 4.69) is 37.7 Å². The summed E-state index contributed by atoms with van der Waals surface area (Å²) < 4.78 is 25.5. The fourth-order valence-electron chi connectivity index (χ4n) is 4.41. The predicted molar refractivity (Wildman–Crippen MR) is 117 cm³/mol. The Kier molecular flexibility index (Phi) is 5.61. The van der Waals surface area contributed by atoms with Crippen molar-refractivity contribution in [3.8, 4) is 0 Å². The number of amides is 1. The van der Waals surface area contributed by atoms with Crippen molar-refractivity contribution in [2.45, 2.75) is 52.1 Å². The molecule has 2 saturated heterocycles. The third-order valence-corrected chi connectivity index (χ3v) is 7.97. The Bertz CT molecular complexity index is 1050. The predicted octanol–water partition coefficient (Wildman–Crippen LogP) is 2.08. The Labute approximate surface area is 178 Å². The molecule has 2 fully saturated rings. The molecule has 30 heavy (non-hydrogen) atoms. The van der Waals surface area contributed by atoms with Crippen LogP contribution in [0.1, 0.15) is 62.1 Å². The first-order chi connectivity index (χ1) is 14.2. The van der Waals surface area contributed by atoms with Crippen molar-refractivity contribution < 1.29 is 13.2 Å². The van der Waals surface area contributed by atoms with Gasteiger partial charge in [0.1, 0.15) is 0 Å². The van der Waals surface area contributed by atoms with Crippen LogP contribution < -0.4 is 0 Å². The van der Waals surface area contributed by atoms with Crippen LogP contribution >= 0.6 is 0 Å². The second kappa shape index (κ2) is 7.92. The van der Waals surface area contributed by atoms with Crippen LogP contribution in [0.3, 0.4) is 0 Å². The van der Waals surface area contributed by atoms with E-state index >= 15 is 0 Å². The number of fused-ring (bicyclic) bond motifs is 1. The van der Waals surface area contributed by atoms with Gasteiger partial charge in [0.05, 0.1) is 28.7 Å². The monoisotopic (exact) mass is 433 g/mol. The number of nitrogens with zero attached hydrogens (tertiary/aromatic N) is 5. The average Bonchev–Trinajstić information content (AvgIpc) is 3.29. The lowest BCUT2D eigenvalue weighted by Gasteiger charge is -2.37. The van der Waals surface area contributed by atoms with Gasteiger partial charge in [0, 0.05) is 44.0 Å². The molecule has 0 aliphatic carbocycles. The number of aromatic nitrogens is 3. The molecule has 0 aromatic carbocycles. The highest BCUT2D eigenvalue weighted by molar-refractivity contribution is 7.91. The molecule has 1 amide bonds. The summed E-state index contributed by atoms with van der Waals surface area (Å²) >= 11 is 0. The van der Waals surface area contributed by atoms with Crippen LogP contribution in [0.2, 0.25) is 0 Å². The number of rotatable bonds is 4. The molecule has 0 spiro atoms. The lowest BCUT2D eigenvalue weighted by molar-refractivity contribution is 0.0589. The van der Waals surface area contributed by atoms with Crippen molar-refractivity contribution >= 4 is 26.8 Å². The topological polar surface area (TPSA) is 88.4 Å². The molecule has 164 valence electrons. The van der Waals surface area contributed by atoms with E-state index in [1.165, 1.54) is 0 Å². The van der Waals surface area contributed by atoms with Gasteiger partial charge in [-0.15, -0.1) is 0 Å². The number of pyridine rings is 1. The Morgan fingerprint density at radius 3 is 2.40 bits per heavy atom. The van der Waals surface area contributed by atoms with Crippen LogP contribution in [0, 0.1) is 0 Å². The van der Waals surface area contributed by atoms with E-state index in [-0.39, 0.29) is 35.4 Å². The Morgan fingerprint density at radius 2 is 1.83 bits per heavy atom. The molecular weight excluding hydrogens is 402 g/mol. The molecule has 4 rings (SSSR count). The van der Waals surface area contributed by atoms with Crippen LogP contribution in [0.5, 0.6) is 0 Å². The van der Waals surface area contributed by atoms with Gasteiger partial charge in [0.25, 0.3) is 5.91 Å². The van der Waals surface area contributed by atoms with Crippen molar-refractivity contribution in [2.75, 3.05) is 37.7 Å². The van der Waals surface area contributed by atoms with E-state index in [0.717, 1.165) is 16.7 Å². The van der Waals surface area contributed by atoms with Crippen LogP contribution in [0.25, 0.3) is 11.0 Å². The van der Waals surface area contributed by atoms with Crippen LogP contribution in [-0.4, -0.2) is 82.6 Å². The molecule has 0 unspecified atom stereocenters. The van der Waals surface area contributed by atoms with Gasteiger partial charge in [-0.25, -0.2) is 18.1 Å². The number of carbonyl (C=O) groups is 1. The minimum absolute atomic E-state index is 0.00583. The van der Waals surface area contributed by atoms with Crippen LogP contribution in [0.4, 0.5) is 0 Å². The minimum atomic E-state index is -2.90. The first-order valence-corrected chi connectivity index (χ1v) is 12.6. The van der Waals surface area contributed by atoms with Gasteiger partial charge in [-0.2, -0.15) is 5.10 Å². The molecule has 0 saturated carbocycles. The molecule has 2 aromatic rings. The molecule has 0 N–H and O–H groups in total. The number of hydrogen-bond donors (Lipinski definition) is 0. The number of sulfone groups is 1. The third kappa shape index (κ3) is 3.97. The second-order valence-electron chi connectivity index (χ2n) is 9.05. The van der Waals surface area contributed by atoms with Crippen molar-refractivity contribution in [3.63, 3.8) is 0 Å². The molecule has 2 aliphatic heterocycles. The lowest BCUT2D eigenvalue weighted by atomic mass is 10.0. The zero-order valence-electron chi connectivity index (χ0n) is 18.2.